The molecule has 0 amide bonds. The Morgan fingerprint density at radius 2 is 1.65 bits per heavy atom. The molecule has 34 heavy (non-hydrogen) atoms. The van der Waals surface area contributed by atoms with Crippen LogP contribution in [0.1, 0.15) is 48.5 Å². The zero-order valence-corrected chi connectivity index (χ0v) is 19.5. The fourth-order valence-corrected chi connectivity index (χ4v) is 3.08. The van der Waals surface area contributed by atoms with Crippen LogP contribution in [0.4, 0.5) is 0 Å². The van der Waals surface area contributed by atoms with Gasteiger partial charge in [0.05, 0.1) is 25.9 Å². The van der Waals surface area contributed by atoms with E-state index in [1.807, 2.05) is 0 Å². The molecule has 0 aliphatic rings. The van der Waals surface area contributed by atoms with E-state index >= 15 is 0 Å². The number of ether oxygens (including phenoxy) is 3. The number of hydrogen-bond acceptors (Lipinski definition) is 6. The first-order valence-electron chi connectivity index (χ1n) is 11.0. The number of carboxylic acid groups (broad SMARTS) is 1. The van der Waals surface area contributed by atoms with E-state index in [9.17, 15) is 19.5 Å². The summed E-state index contributed by atoms with van der Waals surface area (Å²) >= 11 is 0. The number of unbranched alkanes of at least 4 members (excludes halogenated alkanes) is 3. The average Bonchev–Trinajstić information content (AvgIpc) is 2.83. The number of benzene rings is 2. The molecule has 7 heteroatoms. The number of carbonyl (C=O) groups excluding carboxylic acids is 2. The first-order valence-corrected chi connectivity index (χ1v) is 11.0. The molecule has 0 fully saturated rings. The van der Waals surface area contributed by atoms with Crippen molar-refractivity contribution in [2.24, 2.45) is 0 Å². The Morgan fingerprint density at radius 3 is 2.26 bits per heavy atom. The minimum absolute atomic E-state index is 0.175. The van der Waals surface area contributed by atoms with Crippen molar-refractivity contribution >= 4 is 24.0 Å². The number of carbonyl (C=O) groups is 3. The van der Waals surface area contributed by atoms with Crippen LogP contribution in [0.3, 0.4) is 0 Å². The van der Waals surface area contributed by atoms with Gasteiger partial charge in [0, 0.05) is 11.6 Å². The number of rotatable bonds is 13. The van der Waals surface area contributed by atoms with Gasteiger partial charge in [-0.3, -0.25) is 0 Å². The summed E-state index contributed by atoms with van der Waals surface area (Å²) in [5.74, 6) is -1.25. The zero-order chi connectivity index (χ0) is 24.9. The molecule has 7 nitrogen and oxygen atoms in total. The van der Waals surface area contributed by atoms with Crippen molar-refractivity contribution < 1.29 is 33.7 Å². The van der Waals surface area contributed by atoms with E-state index in [1.165, 1.54) is 19.3 Å². The van der Waals surface area contributed by atoms with Crippen molar-refractivity contribution in [3.63, 3.8) is 0 Å². The van der Waals surface area contributed by atoms with E-state index in [1.54, 1.807) is 49.4 Å². The van der Waals surface area contributed by atoms with Gasteiger partial charge in [-0.15, -0.1) is 0 Å². The van der Waals surface area contributed by atoms with Gasteiger partial charge in [0.15, 0.2) is 0 Å². The summed E-state index contributed by atoms with van der Waals surface area (Å²) in [5.41, 5.74) is 2.63. The third-order valence-electron chi connectivity index (χ3n) is 4.95. The average molecular weight is 467 g/mol. The van der Waals surface area contributed by atoms with Crippen molar-refractivity contribution in [2.45, 2.75) is 32.6 Å². The highest BCUT2D eigenvalue weighted by molar-refractivity contribution is 5.96. The molecule has 0 saturated heterocycles. The minimum atomic E-state index is -1.02. The Labute approximate surface area is 199 Å². The van der Waals surface area contributed by atoms with E-state index in [2.05, 4.69) is 11.3 Å². The van der Waals surface area contributed by atoms with Crippen molar-refractivity contribution in [2.75, 3.05) is 20.3 Å². The third-order valence-corrected chi connectivity index (χ3v) is 4.95. The second kappa shape index (κ2) is 13.6. The van der Waals surface area contributed by atoms with Gasteiger partial charge in [0.2, 0.25) is 0 Å². The third kappa shape index (κ3) is 8.58. The van der Waals surface area contributed by atoms with Crippen LogP contribution in [0.5, 0.6) is 5.75 Å². The minimum Gasteiger partial charge on any atom is -0.494 e. The first-order chi connectivity index (χ1) is 16.3. The molecule has 0 radical (unpaired) electrons. The highest BCUT2D eigenvalue weighted by atomic mass is 16.5. The van der Waals surface area contributed by atoms with E-state index in [0.29, 0.717) is 30.1 Å². The number of aromatic carboxylic acids is 1. The lowest BCUT2D eigenvalue weighted by atomic mass is 9.98. The lowest BCUT2D eigenvalue weighted by molar-refractivity contribution is -0.139. The van der Waals surface area contributed by atoms with E-state index < -0.39 is 11.9 Å². The van der Waals surface area contributed by atoms with Crippen molar-refractivity contribution in [3.8, 4) is 16.9 Å². The summed E-state index contributed by atoms with van der Waals surface area (Å²) in [6.45, 7) is 6.03. The Hall–Kier alpha value is -3.87. The van der Waals surface area contributed by atoms with Gasteiger partial charge in [-0.2, -0.15) is 0 Å². The molecular formula is C27H30O7. The maximum Gasteiger partial charge on any atom is 0.336 e. The normalized spacial score (nSPS) is 10.6. The van der Waals surface area contributed by atoms with Crippen LogP contribution in [0.2, 0.25) is 0 Å². The van der Waals surface area contributed by atoms with E-state index in [-0.39, 0.29) is 11.5 Å². The molecule has 2 aromatic rings. The SMILES string of the molecule is C=C(C)C(=O)OCCCCCCOc1ccc(C(=O)O)c(-c2ccc(/C=C/C(=O)OC)cc2)c1. The van der Waals surface area contributed by atoms with Crippen LogP contribution >= 0.6 is 0 Å². The summed E-state index contributed by atoms with van der Waals surface area (Å²) in [4.78, 5) is 34.3. The van der Waals surface area contributed by atoms with Crippen molar-refractivity contribution in [1.29, 1.82) is 0 Å². The molecule has 0 unspecified atom stereocenters. The second-order valence-corrected chi connectivity index (χ2v) is 7.67. The van der Waals surface area contributed by atoms with Crippen LogP contribution in [0, 0.1) is 0 Å². The van der Waals surface area contributed by atoms with Crippen molar-refractivity contribution in [1.82, 2.24) is 0 Å². The van der Waals surface area contributed by atoms with Gasteiger partial charge in [0.25, 0.3) is 0 Å². The van der Waals surface area contributed by atoms with Crippen molar-refractivity contribution in [3.05, 3.63) is 71.8 Å². The highest BCUT2D eigenvalue weighted by Gasteiger charge is 2.13. The van der Waals surface area contributed by atoms with Gasteiger partial charge >= 0.3 is 17.9 Å². The summed E-state index contributed by atoms with van der Waals surface area (Å²) in [6.07, 6.45) is 6.38. The molecule has 0 aromatic heterocycles. The zero-order valence-electron chi connectivity index (χ0n) is 19.5. The number of hydrogen-bond donors (Lipinski definition) is 1. The predicted octanol–water partition coefficient (Wildman–Crippen LogP) is 5.30. The molecule has 0 heterocycles. The largest absolute Gasteiger partial charge is 0.494 e. The van der Waals surface area contributed by atoms with Gasteiger partial charge in [0.1, 0.15) is 5.75 Å². The van der Waals surface area contributed by atoms with E-state index in [4.69, 9.17) is 9.47 Å². The second-order valence-electron chi connectivity index (χ2n) is 7.67. The number of methoxy groups -OCH3 is 1. The lowest BCUT2D eigenvalue weighted by Gasteiger charge is -2.11. The Kier molecular flexibility index (Phi) is 10.6. The summed E-state index contributed by atoms with van der Waals surface area (Å²) in [6, 6.07) is 12.1. The van der Waals surface area contributed by atoms with Crippen LogP contribution in [0.15, 0.2) is 60.7 Å². The molecule has 2 aromatic carbocycles. The van der Waals surface area contributed by atoms with Gasteiger partial charge in [-0.25, -0.2) is 14.4 Å². The number of esters is 2. The first kappa shape index (κ1) is 26.4. The number of carboxylic acids is 1. The summed E-state index contributed by atoms with van der Waals surface area (Å²) < 4.78 is 15.5. The summed E-state index contributed by atoms with van der Waals surface area (Å²) in [7, 11) is 1.31. The lowest BCUT2D eigenvalue weighted by Crippen LogP contribution is -2.06. The van der Waals surface area contributed by atoms with Gasteiger partial charge < -0.3 is 19.3 Å². The molecule has 0 aliphatic carbocycles. The predicted molar refractivity (Wildman–Crippen MR) is 130 cm³/mol. The highest BCUT2D eigenvalue weighted by Crippen LogP contribution is 2.29. The van der Waals surface area contributed by atoms with Crippen LogP contribution in [0.25, 0.3) is 17.2 Å². The Balaban J connectivity index is 1.93. The molecule has 0 saturated carbocycles. The fraction of sp³-hybridized carbons (Fsp3) is 0.296. The van der Waals surface area contributed by atoms with Gasteiger partial charge in [-0.1, -0.05) is 30.8 Å². The molecule has 180 valence electrons. The van der Waals surface area contributed by atoms with Crippen LogP contribution in [-0.2, 0) is 19.1 Å². The molecule has 0 aliphatic heterocycles. The molecule has 0 spiro atoms. The quantitative estimate of drug-likeness (QED) is 0.243. The van der Waals surface area contributed by atoms with Crippen LogP contribution in [-0.4, -0.2) is 43.3 Å². The molecule has 2 rings (SSSR count). The standard InChI is InChI=1S/C27H30O7/c1-19(2)27(31)34-17-7-5-4-6-16-33-22-13-14-23(26(29)30)24(18-22)21-11-8-20(9-12-21)10-15-25(28)32-3/h8-15,18H,1,4-7,16-17H2,2-3H3,(H,29,30)/b15-10+. The topological polar surface area (TPSA) is 99.1 Å². The fourth-order valence-electron chi connectivity index (χ4n) is 3.08. The summed E-state index contributed by atoms with van der Waals surface area (Å²) in [5, 5.41) is 9.59. The van der Waals surface area contributed by atoms with E-state index in [0.717, 1.165) is 36.8 Å². The van der Waals surface area contributed by atoms with Crippen LogP contribution < -0.4 is 4.74 Å². The van der Waals surface area contributed by atoms with Gasteiger partial charge in [-0.05, 0) is 73.6 Å². The maximum absolute atomic E-state index is 11.7. The maximum atomic E-state index is 11.7. The Bertz CT molecular complexity index is 1040. The molecule has 0 bridgehead atoms. The molecule has 1 N–H and O–H groups in total. The smallest absolute Gasteiger partial charge is 0.336 e. The molecule has 0 atom stereocenters. The Morgan fingerprint density at radius 1 is 0.971 bits per heavy atom. The monoisotopic (exact) mass is 466 g/mol. The molecular weight excluding hydrogens is 436 g/mol.